The van der Waals surface area contributed by atoms with Crippen molar-refractivity contribution >= 4 is 12.0 Å². The molecule has 0 spiro atoms. The van der Waals surface area contributed by atoms with Crippen LogP contribution in [-0.2, 0) is 0 Å². The van der Waals surface area contributed by atoms with Gasteiger partial charge in [0.05, 0.1) is 0 Å². The standard InChI is InChI=1S/C15H18N4O/c1-12(2)19-10-7-14(18-19)15(20)17-9-4-6-13-5-3-8-16-11-13/h3-8,10-12H,9H2,1-2H3,(H,17,20). The Morgan fingerprint density at radius 2 is 2.30 bits per heavy atom. The van der Waals surface area contributed by atoms with E-state index in [-0.39, 0.29) is 11.9 Å². The minimum absolute atomic E-state index is 0.166. The van der Waals surface area contributed by atoms with Gasteiger partial charge in [-0.2, -0.15) is 5.10 Å². The fraction of sp³-hybridized carbons (Fsp3) is 0.267. The molecule has 1 N–H and O–H groups in total. The Morgan fingerprint density at radius 1 is 1.45 bits per heavy atom. The first-order valence-electron chi connectivity index (χ1n) is 6.57. The van der Waals surface area contributed by atoms with Crippen molar-refractivity contribution in [2.24, 2.45) is 0 Å². The topological polar surface area (TPSA) is 59.8 Å². The summed E-state index contributed by atoms with van der Waals surface area (Å²) >= 11 is 0. The third-order valence-corrected chi connectivity index (χ3v) is 2.75. The Kier molecular flexibility index (Phi) is 4.65. The van der Waals surface area contributed by atoms with Gasteiger partial charge in [0, 0.05) is 31.2 Å². The van der Waals surface area contributed by atoms with Gasteiger partial charge in [0.15, 0.2) is 0 Å². The van der Waals surface area contributed by atoms with Crippen LogP contribution in [0.3, 0.4) is 0 Å². The predicted octanol–water partition coefficient (Wildman–Crippen LogP) is 2.30. The molecule has 5 nitrogen and oxygen atoms in total. The molecule has 104 valence electrons. The van der Waals surface area contributed by atoms with Gasteiger partial charge in [-0.1, -0.05) is 18.2 Å². The Morgan fingerprint density at radius 3 is 2.95 bits per heavy atom. The molecule has 2 rings (SSSR count). The summed E-state index contributed by atoms with van der Waals surface area (Å²) in [6.07, 6.45) is 9.10. The summed E-state index contributed by atoms with van der Waals surface area (Å²) in [5.41, 5.74) is 1.44. The third-order valence-electron chi connectivity index (χ3n) is 2.75. The monoisotopic (exact) mass is 270 g/mol. The molecule has 0 saturated carbocycles. The average Bonchev–Trinajstić information content (AvgIpc) is 2.94. The highest BCUT2D eigenvalue weighted by Crippen LogP contribution is 2.04. The van der Waals surface area contributed by atoms with E-state index in [4.69, 9.17) is 0 Å². The van der Waals surface area contributed by atoms with E-state index in [1.54, 1.807) is 23.1 Å². The quantitative estimate of drug-likeness (QED) is 0.907. The minimum atomic E-state index is -0.166. The molecule has 0 aromatic carbocycles. The molecule has 2 aromatic heterocycles. The fourth-order valence-corrected chi connectivity index (χ4v) is 1.66. The van der Waals surface area contributed by atoms with Crippen LogP contribution < -0.4 is 5.32 Å². The van der Waals surface area contributed by atoms with Crippen molar-refractivity contribution in [1.82, 2.24) is 20.1 Å². The number of hydrogen-bond acceptors (Lipinski definition) is 3. The first-order chi connectivity index (χ1) is 9.66. The summed E-state index contributed by atoms with van der Waals surface area (Å²) < 4.78 is 1.76. The Labute approximate surface area is 118 Å². The van der Waals surface area contributed by atoms with Crippen LogP contribution in [0.5, 0.6) is 0 Å². The van der Waals surface area contributed by atoms with Crippen molar-refractivity contribution < 1.29 is 4.79 Å². The fourth-order valence-electron chi connectivity index (χ4n) is 1.66. The van der Waals surface area contributed by atoms with Gasteiger partial charge in [0.25, 0.3) is 5.91 Å². The van der Waals surface area contributed by atoms with Crippen LogP contribution in [0.1, 0.15) is 35.9 Å². The molecule has 1 amide bonds. The lowest BCUT2D eigenvalue weighted by Gasteiger charge is -2.03. The zero-order valence-corrected chi connectivity index (χ0v) is 11.7. The molecule has 20 heavy (non-hydrogen) atoms. The van der Waals surface area contributed by atoms with E-state index in [0.717, 1.165) is 5.56 Å². The number of carbonyl (C=O) groups excluding carboxylic acids is 1. The average molecular weight is 270 g/mol. The summed E-state index contributed by atoms with van der Waals surface area (Å²) in [4.78, 5) is 15.9. The minimum Gasteiger partial charge on any atom is -0.347 e. The zero-order chi connectivity index (χ0) is 14.4. The first-order valence-corrected chi connectivity index (χ1v) is 6.57. The van der Waals surface area contributed by atoms with E-state index in [0.29, 0.717) is 12.2 Å². The van der Waals surface area contributed by atoms with E-state index < -0.39 is 0 Å². The van der Waals surface area contributed by atoms with Gasteiger partial charge in [-0.25, -0.2) is 0 Å². The van der Waals surface area contributed by atoms with Gasteiger partial charge in [-0.05, 0) is 31.5 Å². The number of amides is 1. The zero-order valence-electron chi connectivity index (χ0n) is 11.7. The van der Waals surface area contributed by atoms with Crippen molar-refractivity contribution in [1.29, 1.82) is 0 Å². The van der Waals surface area contributed by atoms with Crippen molar-refractivity contribution in [2.45, 2.75) is 19.9 Å². The Balaban J connectivity index is 1.84. The van der Waals surface area contributed by atoms with Gasteiger partial charge >= 0.3 is 0 Å². The lowest BCUT2D eigenvalue weighted by atomic mass is 10.2. The number of nitrogens with zero attached hydrogens (tertiary/aromatic N) is 3. The van der Waals surface area contributed by atoms with Crippen LogP contribution in [0, 0.1) is 0 Å². The molecule has 0 aliphatic heterocycles. The van der Waals surface area contributed by atoms with Crippen molar-refractivity contribution in [3.63, 3.8) is 0 Å². The number of aromatic nitrogens is 3. The van der Waals surface area contributed by atoms with E-state index >= 15 is 0 Å². The van der Waals surface area contributed by atoms with Crippen molar-refractivity contribution in [2.75, 3.05) is 6.54 Å². The van der Waals surface area contributed by atoms with E-state index in [1.807, 2.05) is 44.3 Å². The summed E-state index contributed by atoms with van der Waals surface area (Å²) in [5.74, 6) is -0.166. The molecule has 0 unspecified atom stereocenters. The van der Waals surface area contributed by atoms with Crippen LogP contribution >= 0.6 is 0 Å². The maximum Gasteiger partial charge on any atom is 0.272 e. The van der Waals surface area contributed by atoms with Crippen LogP contribution in [0.15, 0.2) is 42.9 Å². The van der Waals surface area contributed by atoms with Gasteiger partial charge in [-0.15, -0.1) is 0 Å². The molecular formula is C15H18N4O. The molecule has 0 bridgehead atoms. The number of nitrogens with one attached hydrogen (secondary N) is 1. The normalized spacial score (nSPS) is 11.2. The lowest BCUT2D eigenvalue weighted by Crippen LogP contribution is -2.24. The summed E-state index contributed by atoms with van der Waals surface area (Å²) in [5, 5.41) is 7.02. The molecule has 2 heterocycles. The second kappa shape index (κ2) is 6.65. The molecule has 0 radical (unpaired) electrons. The third kappa shape index (κ3) is 3.78. The van der Waals surface area contributed by atoms with Crippen LogP contribution in [0.2, 0.25) is 0 Å². The SMILES string of the molecule is CC(C)n1ccc(C(=O)NCC=Cc2cccnc2)n1. The number of hydrogen-bond donors (Lipinski definition) is 1. The smallest absolute Gasteiger partial charge is 0.272 e. The largest absolute Gasteiger partial charge is 0.347 e. The van der Waals surface area contributed by atoms with E-state index in [2.05, 4.69) is 15.4 Å². The van der Waals surface area contributed by atoms with Crippen molar-refractivity contribution in [3.8, 4) is 0 Å². The second-order valence-electron chi connectivity index (χ2n) is 4.67. The van der Waals surface area contributed by atoms with Gasteiger partial charge in [0.2, 0.25) is 0 Å². The highest BCUT2D eigenvalue weighted by Gasteiger charge is 2.09. The first kappa shape index (κ1) is 14.0. The van der Waals surface area contributed by atoms with Crippen LogP contribution in [0.4, 0.5) is 0 Å². The van der Waals surface area contributed by atoms with Gasteiger partial charge in [-0.3, -0.25) is 14.5 Å². The molecule has 0 aliphatic rings. The Bertz CT molecular complexity index is 587. The highest BCUT2D eigenvalue weighted by atomic mass is 16.1. The molecule has 0 atom stereocenters. The highest BCUT2D eigenvalue weighted by molar-refractivity contribution is 5.92. The van der Waals surface area contributed by atoms with Gasteiger partial charge < -0.3 is 5.32 Å². The predicted molar refractivity (Wildman–Crippen MR) is 78.2 cm³/mol. The lowest BCUT2D eigenvalue weighted by molar-refractivity contribution is 0.0952. The number of pyridine rings is 1. The maximum absolute atomic E-state index is 11.9. The molecule has 5 heteroatoms. The Hall–Kier alpha value is -2.43. The molecular weight excluding hydrogens is 252 g/mol. The van der Waals surface area contributed by atoms with Crippen LogP contribution in [0.25, 0.3) is 6.08 Å². The number of carbonyl (C=O) groups is 1. The molecule has 2 aromatic rings. The van der Waals surface area contributed by atoms with E-state index in [1.165, 1.54) is 0 Å². The van der Waals surface area contributed by atoms with Crippen LogP contribution in [-0.4, -0.2) is 27.2 Å². The van der Waals surface area contributed by atoms with E-state index in [9.17, 15) is 4.79 Å². The molecule has 0 saturated heterocycles. The van der Waals surface area contributed by atoms with Gasteiger partial charge in [0.1, 0.15) is 5.69 Å². The van der Waals surface area contributed by atoms with Crippen molar-refractivity contribution in [3.05, 3.63) is 54.1 Å². The summed E-state index contributed by atoms with van der Waals surface area (Å²) in [7, 11) is 0. The summed E-state index contributed by atoms with van der Waals surface area (Å²) in [6, 6.07) is 5.80. The molecule has 0 fully saturated rings. The second-order valence-corrected chi connectivity index (χ2v) is 4.67. The summed E-state index contributed by atoms with van der Waals surface area (Å²) in [6.45, 7) is 4.50. The molecule has 0 aliphatic carbocycles. The maximum atomic E-state index is 11.9. The number of rotatable bonds is 5.